The molecule has 0 amide bonds. The summed E-state index contributed by atoms with van der Waals surface area (Å²) in [6, 6.07) is 0.410. The van der Waals surface area contributed by atoms with Crippen LogP contribution in [0.15, 0.2) is 6.20 Å². The van der Waals surface area contributed by atoms with Crippen LogP contribution in [0.2, 0.25) is 0 Å². The molecule has 0 radical (unpaired) electrons. The highest BCUT2D eigenvalue weighted by Gasteiger charge is 2.19. The van der Waals surface area contributed by atoms with Crippen LogP contribution < -0.4 is 5.32 Å². The molecule has 1 aromatic rings. The Morgan fingerprint density at radius 2 is 2.33 bits per heavy atom. The summed E-state index contributed by atoms with van der Waals surface area (Å²) in [5.41, 5.74) is 2.48. The zero-order valence-corrected chi connectivity index (χ0v) is 11.4. The molecule has 1 heterocycles. The van der Waals surface area contributed by atoms with Gasteiger partial charge in [-0.3, -0.25) is 0 Å². The second kappa shape index (κ2) is 6.81. The van der Waals surface area contributed by atoms with Gasteiger partial charge < -0.3 is 10.1 Å². The Morgan fingerprint density at radius 1 is 1.44 bits per heavy atom. The Balaban J connectivity index is 2.12. The van der Waals surface area contributed by atoms with Crippen LogP contribution in [0.4, 0.5) is 0 Å². The van der Waals surface area contributed by atoms with Crippen LogP contribution >= 0.6 is 0 Å². The Hall–Kier alpha value is -1.00. The van der Waals surface area contributed by atoms with E-state index in [0.29, 0.717) is 12.6 Å². The minimum Gasteiger partial charge on any atom is -0.373 e. The molecule has 100 valence electrons. The number of ether oxygens (including phenoxy) is 1. The maximum absolute atomic E-state index is 5.50. The van der Waals surface area contributed by atoms with Gasteiger partial charge in [-0.05, 0) is 32.7 Å². The fraction of sp³-hybridized carbons (Fsp3) is 0.714. The highest BCUT2D eigenvalue weighted by atomic mass is 16.5. The third-order valence-electron chi connectivity index (χ3n) is 3.41. The lowest BCUT2D eigenvalue weighted by Crippen LogP contribution is -2.18. The zero-order valence-electron chi connectivity index (χ0n) is 11.4. The number of hydrogen-bond donors (Lipinski definition) is 1. The normalized spacial score (nSPS) is 19.3. The van der Waals surface area contributed by atoms with E-state index in [0.717, 1.165) is 25.3 Å². The number of fused-ring (bicyclic) bond motifs is 1. The Labute approximate surface area is 109 Å². The Bertz CT molecular complexity index is 381. The van der Waals surface area contributed by atoms with Gasteiger partial charge >= 0.3 is 0 Å². The van der Waals surface area contributed by atoms with Gasteiger partial charge in [0.1, 0.15) is 6.61 Å². The number of aryl methyl sites for hydroxylation is 1. The van der Waals surface area contributed by atoms with Crippen molar-refractivity contribution in [3.05, 3.63) is 23.3 Å². The van der Waals surface area contributed by atoms with Gasteiger partial charge in [0.25, 0.3) is 0 Å². The molecule has 0 aliphatic heterocycles. The number of nitrogens with one attached hydrogen (secondary N) is 1. The molecule has 1 N–H and O–H groups in total. The van der Waals surface area contributed by atoms with Gasteiger partial charge in [0.2, 0.25) is 0 Å². The SMILES string of the molecule is CCCOCc1ncc2c(n1)CCCCC2NC. The van der Waals surface area contributed by atoms with E-state index < -0.39 is 0 Å². The third-order valence-corrected chi connectivity index (χ3v) is 3.41. The lowest BCUT2D eigenvalue weighted by atomic mass is 10.1. The molecule has 1 aliphatic carbocycles. The summed E-state index contributed by atoms with van der Waals surface area (Å²) < 4.78 is 5.50. The van der Waals surface area contributed by atoms with E-state index in [1.165, 1.54) is 30.5 Å². The van der Waals surface area contributed by atoms with Crippen molar-refractivity contribution in [1.82, 2.24) is 15.3 Å². The molecule has 4 nitrogen and oxygen atoms in total. The molecular weight excluding hydrogens is 226 g/mol. The molecule has 0 spiro atoms. The van der Waals surface area contributed by atoms with Crippen LogP contribution in [-0.4, -0.2) is 23.6 Å². The van der Waals surface area contributed by atoms with E-state index in [4.69, 9.17) is 4.74 Å². The van der Waals surface area contributed by atoms with Crippen LogP contribution in [-0.2, 0) is 17.8 Å². The Morgan fingerprint density at radius 3 is 3.11 bits per heavy atom. The lowest BCUT2D eigenvalue weighted by Gasteiger charge is -2.16. The summed E-state index contributed by atoms with van der Waals surface area (Å²) in [7, 11) is 2.01. The molecule has 0 aromatic carbocycles. The molecule has 0 saturated heterocycles. The number of rotatable bonds is 5. The van der Waals surface area contributed by atoms with E-state index >= 15 is 0 Å². The highest BCUT2D eigenvalue weighted by molar-refractivity contribution is 5.23. The zero-order chi connectivity index (χ0) is 12.8. The molecular formula is C14H23N3O. The first-order chi connectivity index (χ1) is 8.85. The fourth-order valence-electron chi connectivity index (χ4n) is 2.43. The monoisotopic (exact) mass is 249 g/mol. The van der Waals surface area contributed by atoms with Crippen molar-refractivity contribution in [1.29, 1.82) is 0 Å². The van der Waals surface area contributed by atoms with Crippen molar-refractivity contribution in [3.8, 4) is 0 Å². The first-order valence-electron chi connectivity index (χ1n) is 6.94. The number of nitrogens with zero attached hydrogens (tertiary/aromatic N) is 2. The van der Waals surface area contributed by atoms with E-state index in [9.17, 15) is 0 Å². The van der Waals surface area contributed by atoms with E-state index in [1.54, 1.807) is 0 Å². The molecule has 1 unspecified atom stereocenters. The minimum atomic E-state index is 0.410. The van der Waals surface area contributed by atoms with Crippen LogP contribution in [0, 0.1) is 0 Å². The summed E-state index contributed by atoms with van der Waals surface area (Å²) >= 11 is 0. The predicted molar refractivity (Wildman–Crippen MR) is 71.3 cm³/mol. The first kappa shape index (κ1) is 13.4. The van der Waals surface area contributed by atoms with Crippen LogP contribution in [0.3, 0.4) is 0 Å². The smallest absolute Gasteiger partial charge is 0.154 e. The van der Waals surface area contributed by atoms with Gasteiger partial charge in [0, 0.05) is 30.1 Å². The third kappa shape index (κ3) is 3.27. The molecule has 18 heavy (non-hydrogen) atoms. The average Bonchev–Trinajstić information content (AvgIpc) is 2.60. The van der Waals surface area contributed by atoms with Crippen LogP contribution in [0.5, 0.6) is 0 Å². The van der Waals surface area contributed by atoms with Crippen molar-refractivity contribution >= 4 is 0 Å². The van der Waals surface area contributed by atoms with E-state index in [2.05, 4.69) is 22.2 Å². The summed E-state index contributed by atoms with van der Waals surface area (Å²) in [5, 5.41) is 3.36. The highest BCUT2D eigenvalue weighted by Crippen LogP contribution is 2.26. The second-order valence-corrected chi connectivity index (χ2v) is 4.83. The van der Waals surface area contributed by atoms with Gasteiger partial charge in [-0.15, -0.1) is 0 Å². The van der Waals surface area contributed by atoms with Crippen molar-refractivity contribution < 1.29 is 4.74 Å². The molecule has 0 bridgehead atoms. The number of aromatic nitrogens is 2. The van der Waals surface area contributed by atoms with Gasteiger partial charge in [-0.2, -0.15) is 0 Å². The molecule has 4 heteroatoms. The van der Waals surface area contributed by atoms with Gasteiger partial charge in [0.15, 0.2) is 5.82 Å². The van der Waals surface area contributed by atoms with Crippen molar-refractivity contribution in [3.63, 3.8) is 0 Å². The van der Waals surface area contributed by atoms with Crippen LogP contribution in [0.1, 0.15) is 55.7 Å². The van der Waals surface area contributed by atoms with Crippen molar-refractivity contribution in [2.45, 2.75) is 51.7 Å². The maximum atomic E-state index is 5.50. The summed E-state index contributed by atoms with van der Waals surface area (Å²) in [6.45, 7) is 3.42. The molecule has 1 aromatic heterocycles. The second-order valence-electron chi connectivity index (χ2n) is 4.83. The summed E-state index contributed by atoms with van der Waals surface area (Å²) in [5.74, 6) is 0.818. The molecule has 1 aliphatic rings. The lowest BCUT2D eigenvalue weighted by molar-refractivity contribution is 0.116. The molecule has 2 rings (SSSR count). The predicted octanol–water partition coefficient (Wildman–Crippen LogP) is 2.39. The van der Waals surface area contributed by atoms with Crippen molar-refractivity contribution in [2.24, 2.45) is 0 Å². The van der Waals surface area contributed by atoms with Gasteiger partial charge in [0.05, 0.1) is 0 Å². The van der Waals surface area contributed by atoms with E-state index in [-0.39, 0.29) is 0 Å². The standard InChI is InChI=1S/C14H23N3O/c1-3-8-18-10-14-16-9-11-12(15-2)6-4-5-7-13(11)17-14/h9,12,15H,3-8,10H2,1-2H3. The average molecular weight is 249 g/mol. The van der Waals surface area contributed by atoms with Crippen molar-refractivity contribution in [2.75, 3.05) is 13.7 Å². The summed E-state index contributed by atoms with van der Waals surface area (Å²) in [4.78, 5) is 9.09. The van der Waals surface area contributed by atoms with E-state index in [1.807, 2.05) is 13.2 Å². The van der Waals surface area contributed by atoms with Crippen LogP contribution in [0.25, 0.3) is 0 Å². The molecule has 0 saturated carbocycles. The topological polar surface area (TPSA) is 47.0 Å². The Kier molecular flexibility index (Phi) is 5.08. The first-order valence-corrected chi connectivity index (χ1v) is 6.94. The van der Waals surface area contributed by atoms with Gasteiger partial charge in [-0.25, -0.2) is 9.97 Å². The fourth-order valence-corrected chi connectivity index (χ4v) is 2.43. The van der Waals surface area contributed by atoms with Gasteiger partial charge in [-0.1, -0.05) is 13.3 Å². The minimum absolute atomic E-state index is 0.410. The summed E-state index contributed by atoms with van der Waals surface area (Å²) in [6.07, 6.45) is 7.74. The molecule has 1 atom stereocenters. The molecule has 0 fully saturated rings. The largest absolute Gasteiger partial charge is 0.373 e. The number of hydrogen-bond acceptors (Lipinski definition) is 4. The quantitative estimate of drug-likeness (QED) is 0.643. The maximum Gasteiger partial charge on any atom is 0.154 e.